The van der Waals surface area contributed by atoms with E-state index < -0.39 is 6.10 Å². The monoisotopic (exact) mass is 336 g/mol. The van der Waals surface area contributed by atoms with E-state index in [1.807, 2.05) is 6.07 Å². The molecule has 25 heavy (non-hydrogen) atoms. The molecular weight excluding hydrogens is 310 g/mol. The molecule has 2 N–H and O–H groups in total. The van der Waals surface area contributed by atoms with Crippen molar-refractivity contribution in [3.8, 4) is 5.75 Å². The van der Waals surface area contributed by atoms with Crippen LogP contribution in [-0.2, 0) is 0 Å². The molecule has 0 amide bonds. The predicted molar refractivity (Wildman–Crippen MR) is 102 cm³/mol. The average molecular weight is 336 g/mol. The average Bonchev–Trinajstić information content (AvgIpc) is 2.67. The zero-order valence-corrected chi connectivity index (χ0v) is 14.6. The molecule has 0 spiro atoms. The van der Waals surface area contributed by atoms with Crippen molar-refractivity contribution in [2.24, 2.45) is 0 Å². The lowest BCUT2D eigenvalue weighted by Crippen LogP contribution is -3.14. The molecule has 0 unspecified atom stereocenters. The van der Waals surface area contributed by atoms with Crippen molar-refractivity contribution in [2.45, 2.75) is 25.4 Å². The summed E-state index contributed by atoms with van der Waals surface area (Å²) in [6.07, 6.45) is 3.49. The standard InChI is InChI=1S/C22H25NO2/c24-19(15-23-12-4-1-5-13-23)16-25-20-11-10-18-9-8-17-6-2-3-7-21(17)22(18)14-20/h2-3,6-11,14,19,24H,1,4-5,12-13,15-16H2/p+1/t19-/m0/s1. The van der Waals surface area contributed by atoms with Crippen LogP contribution in [0.3, 0.4) is 0 Å². The van der Waals surface area contributed by atoms with Crippen molar-refractivity contribution in [1.82, 2.24) is 0 Å². The maximum atomic E-state index is 10.3. The van der Waals surface area contributed by atoms with Gasteiger partial charge in [0, 0.05) is 0 Å². The van der Waals surface area contributed by atoms with Crippen LogP contribution in [0.15, 0.2) is 54.6 Å². The zero-order chi connectivity index (χ0) is 17.1. The van der Waals surface area contributed by atoms with Crippen LogP contribution in [0.2, 0.25) is 0 Å². The van der Waals surface area contributed by atoms with Crippen LogP contribution in [0.5, 0.6) is 5.75 Å². The third kappa shape index (κ3) is 3.78. The maximum absolute atomic E-state index is 10.3. The molecule has 1 heterocycles. The highest BCUT2D eigenvalue weighted by molar-refractivity contribution is 6.07. The number of aliphatic hydroxyl groups excluding tert-OH is 1. The minimum atomic E-state index is -0.406. The molecule has 3 heteroatoms. The number of quaternary nitrogens is 1. The largest absolute Gasteiger partial charge is 0.491 e. The number of fused-ring (bicyclic) bond motifs is 3. The Hall–Kier alpha value is -2.10. The van der Waals surface area contributed by atoms with Gasteiger partial charge < -0.3 is 14.7 Å². The molecule has 1 atom stereocenters. The summed E-state index contributed by atoms with van der Waals surface area (Å²) in [5.41, 5.74) is 0. The molecule has 1 aliphatic heterocycles. The summed E-state index contributed by atoms with van der Waals surface area (Å²) >= 11 is 0. The molecule has 130 valence electrons. The maximum Gasteiger partial charge on any atom is 0.137 e. The second kappa shape index (κ2) is 7.42. The lowest BCUT2D eigenvalue weighted by Gasteiger charge is -2.25. The van der Waals surface area contributed by atoms with Gasteiger partial charge in [0.1, 0.15) is 25.0 Å². The van der Waals surface area contributed by atoms with Gasteiger partial charge in [-0.1, -0.05) is 42.5 Å². The number of nitrogens with one attached hydrogen (secondary N) is 1. The number of rotatable bonds is 5. The summed E-state index contributed by atoms with van der Waals surface area (Å²) in [5, 5.41) is 15.2. The lowest BCUT2D eigenvalue weighted by atomic mass is 10.0. The van der Waals surface area contributed by atoms with Gasteiger partial charge in [0.05, 0.1) is 13.1 Å². The summed E-state index contributed by atoms with van der Waals surface area (Å²) < 4.78 is 5.90. The summed E-state index contributed by atoms with van der Waals surface area (Å²) in [6, 6.07) is 18.9. The number of ether oxygens (including phenoxy) is 1. The Morgan fingerprint density at radius 1 is 0.880 bits per heavy atom. The van der Waals surface area contributed by atoms with Gasteiger partial charge in [-0.2, -0.15) is 0 Å². The quantitative estimate of drug-likeness (QED) is 0.703. The van der Waals surface area contributed by atoms with E-state index >= 15 is 0 Å². The number of hydrogen-bond acceptors (Lipinski definition) is 2. The summed E-state index contributed by atoms with van der Waals surface area (Å²) in [4.78, 5) is 1.51. The highest BCUT2D eigenvalue weighted by Gasteiger charge is 2.18. The van der Waals surface area contributed by atoms with Crippen LogP contribution in [0.4, 0.5) is 0 Å². The van der Waals surface area contributed by atoms with Crippen LogP contribution in [0, 0.1) is 0 Å². The van der Waals surface area contributed by atoms with Gasteiger partial charge in [0.25, 0.3) is 0 Å². The third-order valence-corrected chi connectivity index (χ3v) is 5.25. The molecule has 0 saturated carbocycles. The SMILES string of the molecule is O[C@H](COc1ccc2ccc3ccccc3c2c1)C[NH+]1CCCCC1. The van der Waals surface area contributed by atoms with Gasteiger partial charge in [-0.25, -0.2) is 0 Å². The fourth-order valence-corrected chi connectivity index (χ4v) is 3.91. The predicted octanol–water partition coefficient (Wildman–Crippen LogP) is 2.80. The third-order valence-electron chi connectivity index (χ3n) is 5.25. The first kappa shape index (κ1) is 16.4. The molecule has 1 fully saturated rings. The van der Waals surface area contributed by atoms with Gasteiger partial charge in [-0.15, -0.1) is 0 Å². The highest BCUT2D eigenvalue weighted by atomic mass is 16.5. The van der Waals surface area contributed by atoms with Crippen molar-refractivity contribution in [3.05, 3.63) is 54.6 Å². The zero-order valence-electron chi connectivity index (χ0n) is 14.6. The molecule has 1 aliphatic rings. The molecule has 0 aliphatic carbocycles. The van der Waals surface area contributed by atoms with Crippen LogP contribution in [0.1, 0.15) is 19.3 Å². The first-order valence-corrected chi connectivity index (χ1v) is 9.35. The summed E-state index contributed by atoms with van der Waals surface area (Å²) in [5.74, 6) is 0.830. The number of piperidine rings is 1. The van der Waals surface area contributed by atoms with E-state index in [0.717, 1.165) is 12.3 Å². The van der Waals surface area contributed by atoms with Gasteiger partial charge in [0.2, 0.25) is 0 Å². The Labute approximate surface area is 148 Å². The van der Waals surface area contributed by atoms with E-state index in [0.29, 0.717) is 6.61 Å². The molecular formula is C22H26NO2+. The minimum absolute atomic E-state index is 0.361. The first-order chi connectivity index (χ1) is 12.3. The Kier molecular flexibility index (Phi) is 4.86. The van der Waals surface area contributed by atoms with E-state index in [4.69, 9.17) is 4.74 Å². The molecule has 0 bridgehead atoms. The van der Waals surface area contributed by atoms with E-state index in [-0.39, 0.29) is 0 Å². The van der Waals surface area contributed by atoms with Gasteiger partial charge in [-0.05, 0) is 52.9 Å². The van der Waals surface area contributed by atoms with E-state index in [1.54, 1.807) is 0 Å². The molecule has 0 radical (unpaired) electrons. The van der Waals surface area contributed by atoms with Crippen LogP contribution in [0.25, 0.3) is 21.5 Å². The fraction of sp³-hybridized carbons (Fsp3) is 0.364. The summed E-state index contributed by atoms with van der Waals surface area (Å²) in [7, 11) is 0. The van der Waals surface area contributed by atoms with E-state index in [9.17, 15) is 5.11 Å². The van der Waals surface area contributed by atoms with E-state index in [2.05, 4.69) is 48.5 Å². The van der Waals surface area contributed by atoms with Crippen molar-refractivity contribution < 1.29 is 14.7 Å². The second-order valence-corrected chi connectivity index (χ2v) is 7.15. The number of likely N-dealkylation sites (tertiary alicyclic amines) is 1. The number of benzene rings is 3. The smallest absolute Gasteiger partial charge is 0.137 e. The second-order valence-electron chi connectivity index (χ2n) is 7.15. The van der Waals surface area contributed by atoms with E-state index in [1.165, 1.54) is 58.8 Å². The van der Waals surface area contributed by atoms with Crippen molar-refractivity contribution in [2.75, 3.05) is 26.2 Å². The highest BCUT2D eigenvalue weighted by Crippen LogP contribution is 2.28. The Morgan fingerprint density at radius 3 is 2.44 bits per heavy atom. The number of aliphatic hydroxyl groups is 1. The Balaban J connectivity index is 1.47. The van der Waals surface area contributed by atoms with Crippen LogP contribution >= 0.6 is 0 Å². The van der Waals surface area contributed by atoms with Crippen LogP contribution in [-0.4, -0.2) is 37.5 Å². The van der Waals surface area contributed by atoms with Crippen molar-refractivity contribution >= 4 is 21.5 Å². The first-order valence-electron chi connectivity index (χ1n) is 9.35. The minimum Gasteiger partial charge on any atom is -0.491 e. The van der Waals surface area contributed by atoms with Gasteiger partial charge >= 0.3 is 0 Å². The van der Waals surface area contributed by atoms with Gasteiger partial charge in [0.15, 0.2) is 0 Å². The van der Waals surface area contributed by atoms with Crippen molar-refractivity contribution in [3.63, 3.8) is 0 Å². The summed E-state index contributed by atoms with van der Waals surface area (Å²) in [6.45, 7) is 3.51. The Morgan fingerprint density at radius 2 is 1.60 bits per heavy atom. The fourth-order valence-electron chi connectivity index (χ4n) is 3.91. The molecule has 3 aromatic carbocycles. The number of hydrogen-bond donors (Lipinski definition) is 2. The lowest BCUT2D eigenvalue weighted by molar-refractivity contribution is -0.908. The molecule has 0 aromatic heterocycles. The molecule has 4 rings (SSSR count). The Bertz CT molecular complexity index is 855. The van der Waals surface area contributed by atoms with Gasteiger partial charge in [-0.3, -0.25) is 0 Å². The van der Waals surface area contributed by atoms with Crippen molar-refractivity contribution in [1.29, 1.82) is 0 Å². The normalized spacial score (nSPS) is 17.0. The molecule has 3 nitrogen and oxygen atoms in total. The topological polar surface area (TPSA) is 33.9 Å². The molecule has 1 saturated heterocycles. The van der Waals surface area contributed by atoms with Crippen LogP contribution < -0.4 is 9.64 Å². The molecule has 3 aromatic rings.